The number of carbonyl (C=O) groups excluding carboxylic acids is 1. The van der Waals surface area contributed by atoms with Gasteiger partial charge in [-0.05, 0) is 25.3 Å². The maximum absolute atomic E-state index is 13.9. The predicted octanol–water partition coefficient (Wildman–Crippen LogP) is 2.21. The Bertz CT molecular complexity index is 527. The SMILES string of the molecule is Cc1cc([N+](=O)[O-])cc(C(=O)N2CCCCO2)c1F. The molecule has 1 fully saturated rings. The molecule has 6 nitrogen and oxygen atoms in total. The van der Waals surface area contributed by atoms with Gasteiger partial charge in [-0.25, -0.2) is 9.45 Å². The third kappa shape index (κ3) is 2.70. The van der Waals surface area contributed by atoms with Gasteiger partial charge >= 0.3 is 0 Å². The Morgan fingerprint density at radius 2 is 2.21 bits per heavy atom. The van der Waals surface area contributed by atoms with Gasteiger partial charge in [-0.15, -0.1) is 0 Å². The van der Waals surface area contributed by atoms with Gasteiger partial charge in [-0.3, -0.25) is 19.7 Å². The first-order valence-electron chi connectivity index (χ1n) is 5.90. The third-order valence-electron chi connectivity index (χ3n) is 2.91. The zero-order valence-electron chi connectivity index (χ0n) is 10.4. The number of halogens is 1. The summed E-state index contributed by atoms with van der Waals surface area (Å²) in [6.07, 6.45) is 1.60. The molecule has 0 aliphatic carbocycles. The van der Waals surface area contributed by atoms with Crippen molar-refractivity contribution in [1.29, 1.82) is 0 Å². The molecule has 0 N–H and O–H groups in total. The Morgan fingerprint density at radius 3 is 2.79 bits per heavy atom. The van der Waals surface area contributed by atoms with Gasteiger partial charge in [0.1, 0.15) is 5.82 Å². The molecule has 0 atom stereocenters. The van der Waals surface area contributed by atoms with Crippen LogP contribution in [0, 0.1) is 22.9 Å². The second kappa shape index (κ2) is 5.31. The molecule has 0 saturated carbocycles. The molecular formula is C12H13FN2O4. The molecule has 1 heterocycles. The van der Waals surface area contributed by atoms with Gasteiger partial charge in [0.2, 0.25) is 0 Å². The summed E-state index contributed by atoms with van der Waals surface area (Å²) in [5.74, 6) is -1.42. The normalized spacial score (nSPS) is 15.4. The summed E-state index contributed by atoms with van der Waals surface area (Å²) in [5.41, 5.74) is -0.567. The smallest absolute Gasteiger partial charge is 0.271 e. The van der Waals surface area contributed by atoms with Crippen LogP contribution in [0.2, 0.25) is 0 Å². The van der Waals surface area contributed by atoms with Crippen LogP contribution in [0.1, 0.15) is 28.8 Å². The molecular weight excluding hydrogens is 255 g/mol. The van der Waals surface area contributed by atoms with E-state index in [9.17, 15) is 19.3 Å². The molecule has 19 heavy (non-hydrogen) atoms. The number of rotatable bonds is 2. The number of benzene rings is 1. The summed E-state index contributed by atoms with van der Waals surface area (Å²) in [6.45, 7) is 2.14. The molecule has 0 radical (unpaired) electrons. The summed E-state index contributed by atoms with van der Waals surface area (Å²) in [7, 11) is 0. The fraction of sp³-hybridized carbons (Fsp3) is 0.417. The number of carbonyl (C=O) groups is 1. The highest BCUT2D eigenvalue weighted by atomic mass is 19.1. The van der Waals surface area contributed by atoms with Crippen molar-refractivity contribution in [2.45, 2.75) is 19.8 Å². The molecule has 0 bridgehead atoms. The maximum atomic E-state index is 13.9. The third-order valence-corrected chi connectivity index (χ3v) is 2.91. The zero-order valence-corrected chi connectivity index (χ0v) is 10.4. The van der Waals surface area contributed by atoms with Crippen LogP contribution in [0.25, 0.3) is 0 Å². The highest BCUT2D eigenvalue weighted by molar-refractivity contribution is 5.94. The summed E-state index contributed by atoms with van der Waals surface area (Å²) >= 11 is 0. The maximum Gasteiger partial charge on any atom is 0.280 e. The van der Waals surface area contributed by atoms with E-state index in [1.165, 1.54) is 6.92 Å². The summed E-state index contributed by atoms with van der Waals surface area (Å²) < 4.78 is 13.9. The molecule has 0 spiro atoms. The largest absolute Gasteiger partial charge is 0.280 e. The number of hydrogen-bond donors (Lipinski definition) is 0. The van der Waals surface area contributed by atoms with E-state index in [0.29, 0.717) is 13.2 Å². The van der Waals surface area contributed by atoms with Crippen LogP contribution in [0.15, 0.2) is 12.1 Å². The van der Waals surface area contributed by atoms with Crippen molar-refractivity contribution in [3.8, 4) is 0 Å². The summed E-state index contributed by atoms with van der Waals surface area (Å²) in [5, 5.41) is 11.8. The van der Waals surface area contributed by atoms with Gasteiger partial charge in [0, 0.05) is 18.7 Å². The molecule has 1 saturated heterocycles. The van der Waals surface area contributed by atoms with E-state index < -0.39 is 16.6 Å². The molecule has 1 aromatic carbocycles. The number of amides is 1. The number of nitro groups is 1. The number of nitro benzene ring substituents is 1. The predicted molar refractivity (Wildman–Crippen MR) is 64.0 cm³/mol. The van der Waals surface area contributed by atoms with Gasteiger partial charge in [0.25, 0.3) is 11.6 Å². The molecule has 0 aromatic heterocycles. The summed E-state index contributed by atoms with van der Waals surface area (Å²) in [4.78, 5) is 27.3. The van der Waals surface area contributed by atoms with E-state index in [-0.39, 0.29) is 16.8 Å². The second-order valence-corrected chi connectivity index (χ2v) is 4.33. The highest BCUT2D eigenvalue weighted by Gasteiger charge is 2.25. The van der Waals surface area contributed by atoms with Crippen molar-refractivity contribution in [3.05, 3.63) is 39.2 Å². The molecule has 1 aliphatic heterocycles. The van der Waals surface area contributed by atoms with Crippen LogP contribution in [-0.2, 0) is 4.84 Å². The highest BCUT2D eigenvalue weighted by Crippen LogP contribution is 2.23. The number of nitrogens with zero attached hydrogens (tertiary/aromatic N) is 2. The number of hydroxylamine groups is 2. The topological polar surface area (TPSA) is 72.7 Å². The van der Waals surface area contributed by atoms with Crippen molar-refractivity contribution in [3.63, 3.8) is 0 Å². The lowest BCUT2D eigenvalue weighted by Crippen LogP contribution is -2.36. The van der Waals surface area contributed by atoms with Crippen LogP contribution in [0.3, 0.4) is 0 Å². The Hall–Kier alpha value is -2.02. The lowest BCUT2D eigenvalue weighted by atomic mass is 10.1. The number of aryl methyl sites for hydroxylation is 1. The number of non-ortho nitro benzene ring substituents is 1. The monoisotopic (exact) mass is 268 g/mol. The minimum atomic E-state index is -0.746. The Morgan fingerprint density at radius 1 is 1.47 bits per heavy atom. The van der Waals surface area contributed by atoms with E-state index >= 15 is 0 Å². The van der Waals surface area contributed by atoms with Gasteiger partial charge in [-0.1, -0.05) is 0 Å². The first-order valence-corrected chi connectivity index (χ1v) is 5.90. The Kier molecular flexibility index (Phi) is 3.75. The van der Waals surface area contributed by atoms with E-state index in [2.05, 4.69) is 0 Å². The molecule has 1 amide bonds. The van der Waals surface area contributed by atoms with Gasteiger partial charge < -0.3 is 0 Å². The van der Waals surface area contributed by atoms with Crippen LogP contribution in [0.4, 0.5) is 10.1 Å². The van der Waals surface area contributed by atoms with Crippen LogP contribution >= 0.6 is 0 Å². The lowest BCUT2D eigenvalue weighted by Gasteiger charge is -2.26. The van der Waals surface area contributed by atoms with E-state index in [4.69, 9.17) is 4.84 Å². The summed E-state index contributed by atoms with van der Waals surface area (Å²) in [6, 6.07) is 2.05. The van der Waals surface area contributed by atoms with Crippen molar-refractivity contribution in [1.82, 2.24) is 5.06 Å². The fourth-order valence-corrected chi connectivity index (χ4v) is 1.90. The van der Waals surface area contributed by atoms with Gasteiger partial charge in [0.05, 0.1) is 17.1 Å². The first kappa shape index (κ1) is 13.4. The second-order valence-electron chi connectivity index (χ2n) is 4.33. The van der Waals surface area contributed by atoms with Crippen molar-refractivity contribution >= 4 is 11.6 Å². The van der Waals surface area contributed by atoms with Crippen molar-refractivity contribution in [2.24, 2.45) is 0 Å². The Labute approximate surface area is 108 Å². The van der Waals surface area contributed by atoms with Gasteiger partial charge in [0.15, 0.2) is 0 Å². The standard InChI is InChI=1S/C12H13FN2O4/c1-8-6-9(15(17)18)7-10(11(8)13)12(16)14-4-2-3-5-19-14/h6-7H,2-5H2,1H3. The quantitative estimate of drug-likeness (QED) is 0.609. The molecule has 7 heteroatoms. The van der Waals surface area contributed by atoms with E-state index in [0.717, 1.165) is 30.0 Å². The molecule has 0 unspecified atom stereocenters. The van der Waals surface area contributed by atoms with Crippen molar-refractivity contribution in [2.75, 3.05) is 13.2 Å². The van der Waals surface area contributed by atoms with E-state index in [1.807, 2.05) is 0 Å². The average molecular weight is 268 g/mol. The van der Waals surface area contributed by atoms with Gasteiger partial charge in [-0.2, -0.15) is 0 Å². The van der Waals surface area contributed by atoms with E-state index in [1.54, 1.807) is 0 Å². The molecule has 1 aromatic rings. The van der Waals surface area contributed by atoms with Crippen molar-refractivity contribution < 1.29 is 18.9 Å². The minimum absolute atomic E-state index is 0.0644. The van der Waals surface area contributed by atoms with Crippen LogP contribution in [-0.4, -0.2) is 29.0 Å². The van der Waals surface area contributed by atoms with Crippen LogP contribution in [0.5, 0.6) is 0 Å². The zero-order chi connectivity index (χ0) is 14.0. The van der Waals surface area contributed by atoms with Crippen LogP contribution < -0.4 is 0 Å². The fourth-order valence-electron chi connectivity index (χ4n) is 1.90. The lowest BCUT2D eigenvalue weighted by molar-refractivity contribution is -0.385. The average Bonchev–Trinajstić information content (AvgIpc) is 2.41. The Balaban J connectivity index is 2.37. The minimum Gasteiger partial charge on any atom is -0.271 e. The number of hydrogen-bond acceptors (Lipinski definition) is 4. The molecule has 2 rings (SSSR count). The molecule has 102 valence electrons. The first-order chi connectivity index (χ1) is 9.00. The molecule has 1 aliphatic rings.